The average Bonchev–Trinajstić information content (AvgIpc) is 3.10. The Bertz CT molecular complexity index is 767. The van der Waals surface area contributed by atoms with Gasteiger partial charge in [0, 0.05) is 33.2 Å². The number of aromatic nitrogens is 5. The highest BCUT2D eigenvalue weighted by Crippen LogP contribution is 2.42. The molecule has 1 amide bonds. The molecule has 2 fully saturated rings. The lowest BCUT2D eigenvalue weighted by Crippen LogP contribution is -2.48. The molecule has 0 radical (unpaired) electrons. The summed E-state index contributed by atoms with van der Waals surface area (Å²) >= 11 is 0. The summed E-state index contributed by atoms with van der Waals surface area (Å²) in [6, 6.07) is 4.07. The van der Waals surface area contributed by atoms with E-state index < -0.39 is 0 Å². The molecule has 1 spiro atoms. The summed E-state index contributed by atoms with van der Waals surface area (Å²) in [6.45, 7) is 5.56. The van der Waals surface area contributed by atoms with Crippen LogP contribution in [0, 0.1) is 12.3 Å². The summed E-state index contributed by atoms with van der Waals surface area (Å²) in [5.74, 6) is 1.23. The van der Waals surface area contributed by atoms with Gasteiger partial charge in [-0.1, -0.05) is 0 Å². The van der Waals surface area contributed by atoms with Gasteiger partial charge in [0.2, 0.25) is 5.82 Å². The van der Waals surface area contributed by atoms with E-state index in [4.69, 9.17) is 0 Å². The first-order valence-electron chi connectivity index (χ1n) is 9.25. The van der Waals surface area contributed by atoms with E-state index in [1.165, 1.54) is 0 Å². The van der Waals surface area contributed by atoms with Crippen molar-refractivity contribution in [2.75, 3.05) is 31.1 Å². The van der Waals surface area contributed by atoms with Crippen LogP contribution in [0.4, 0.5) is 5.82 Å². The van der Waals surface area contributed by atoms with Crippen LogP contribution < -0.4 is 4.90 Å². The molecule has 0 N–H and O–H groups in total. The molecule has 26 heavy (non-hydrogen) atoms. The first kappa shape index (κ1) is 16.9. The standard InChI is InChI=1S/C18H25N7O/c1-14-3-4-15(21-20-14)24-9-5-18(6-10-24)7-11-25(12-8-18)17(26)16-19-13-23(2)22-16/h3-4,13H,5-12H2,1-2H3. The average molecular weight is 355 g/mol. The molecule has 2 aromatic rings. The van der Waals surface area contributed by atoms with E-state index in [0.717, 1.165) is 63.4 Å². The number of anilines is 1. The number of hydrogen-bond acceptors (Lipinski definition) is 6. The van der Waals surface area contributed by atoms with Crippen LogP contribution in [0.5, 0.6) is 0 Å². The Morgan fingerprint density at radius 2 is 1.73 bits per heavy atom. The second-order valence-electron chi connectivity index (χ2n) is 7.55. The Kier molecular flexibility index (Phi) is 4.34. The SMILES string of the molecule is Cc1ccc(N2CCC3(CCN(C(=O)c4ncn(C)n4)CC3)CC2)nn1. The Labute approximate surface area is 153 Å². The molecule has 0 saturated carbocycles. The van der Waals surface area contributed by atoms with Gasteiger partial charge >= 0.3 is 0 Å². The van der Waals surface area contributed by atoms with Crippen LogP contribution in [0.25, 0.3) is 0 Å². The molecule has 0 bridgehead atoms. The lowest BCUT2D eigenvalue weighted by atomic mass is 9.71. The molecular weight excluding hydrogens is 330 g/mol. The van der Waals surface area contributed by atoms with Crippen molar-refractivity contribution in [3.05, 3.63) is 30.0 Å². The highest BCUT2D eigenvalue weighted by Gasteiger charge is 2.39. The highest BCUT2D eigenvalue weighted by molar-refractivity contribution is 5.90. The minimum absolute atomic E-state index is 0.0483. The zero-order valence-electron chi connectivity index (χ0n) is 15.4. The number of rotatable bonds is 2. The normalized spacial score (nSPS) is 19.8. The highest BCUT2D eigenvalue weighted by atomic mass is 16.2. The van der Waals surface area contributed by atoms with Crippen LogP contribution in [0.2, 0.25) is 0 Å². The maximum atomic E-state index is 12.5. The molecule has 0 atom stereocenters. The molecule has 8 heteroatoms. The van der Waals surface area contributed by atoms with Gasteiger partial charge in [-0.15, -0.1) is 10.2 Å². The van der Waals surface area contributed by atoms with Gasteiger partial charge in [0.25, 0.3) is 5.91 Å². The van der Waals surface area contributed by atoms with Crippen LogP contribution in [0.1, 0.15) is 42.0 Å². The number of nitrogens with zero attached hydrogens (tertiary/aromatic N) is 7. The van der Waals surface area contributed by atoms with E-state index in [0.29, 0.717) is 11.2 Å². The third kappa shape index (κ3) is 3.27. The van der Waals surface area contributed by atoms with Crippen molar-refractivity contribution in [2.24, 2.45) is 12.5 Å². The zero-order valence-corrected chi connectivity index (χ0v) is 15.4. The molecular formula is C18H25N7O. The number of piperidine rings is 2. The van der Waals surface area contributed by atoms with E-state index in [1.54, 1.807) is 18.1 Å². The number of likely N-dealkylation sites (tertiary alicyclic amines) is 1. The molecule has 2 saturated heterocycles. The Morgan fingerprint density at radius 1 is 1.04 bits per heavy atom. The molecule has 138 valence electrons. The minimum atomic E-state index is -0.0483. The maximum Gasteiger partial charge on any atom is 0.293 e. The van der Waals surface area contributed by atoms with Crippen molar-refractivity contribution in [1.82, 2.24) is 29.9 Å². The van der Waals surface area contributed by atoms with Gasteiger partial charge in [0.05, 0.1) is 5.69 Å². The predicted octanol–water partition coefficient (Wildman–Crippen LogP) is 1.44. The smallest absolute Gasteiger partial charge is 0.293 e. The minimum Gasteiger partial charge on any atom is -0.355 e. The summed E-state index contributed by atoms with van der Waals surface area (Å²) in [5, 5.41) is 12.6. The molecule has 0 aliphatic carbocycles. The first-order chi connectivity index (χ1) is 12.5. The van der Waals surface area contributed by atoms with Crippen molar-refractivity contribution in [1.29, 1.82) is 0 Å². The van der Waals surface area contributed by atoms with Crippen LogP contribution in [0.15, 0.2) is 18.5 Å². The van der Waals surface area contributed by atoms with E-state index in [9.17, 15) is 4.79 Å². The van der Waals surface area contributed by atoms with Crippen molar-refractivity contribution >= 4 is 11.7 Å². The number of carbonyl (C=O) groups is 1. The largest absolute Gasteiger partial charge is 0.355 e. The maximum absolute atomic E-state index is 12.5. The van der Waals surface area contributed by atoms with E-state index in [1.807, 2.05) is 17.9 Å². The second kappa shape index (κ2) is 6.66. The van der Waals surface area contributed by atoms with Crippen molar-refractivity contribution in [3.8, 4) is 0 Å². The van der Waals surface area contributed by atoms with Gasteiger partial charge in [0.1, 0.15) is 6.33 Å². The zero-order chi connectivity index (χ0) is 18.1. The van der Waals surface area contributed by atoms with Gasteiger partial charge in [-0.05, 0) is 50.2 Å². The van der Waals surface area contributed by atoms with Crippen molar-refractivity contribution < 1.29 is 4.79 Å². The number of amides is 1. The lowest BCUT2D eigenvalue weighted by Gasteiger charge is -2.46. The topological polar surface area (TPSA) is 80.0 Å². The fourth-order valence-corrected chi connectivity index (χ4v) is 4.03. The number of aryl methyl sites for hydroxylation is 2. The van der Waals surface area contributed by atoms with E-state index >= 15 is 0 Å². The van der Waals surface area contributed by atoms with Crippen LogP contribution in [-0.4, -0.2) is 61.9 Å². The third-order valence-corrected chi connectivity index (χ3v) is 5.83. The Hall–Kier alpha value is -2.51. The van der Waals surface area contributed by atoms with Gasteiger partial charge in [-0.25, -0.2) is 4.98 Å². The lowest BCUT2D eigenvalue weighted by molar-refractivity contribution is 0.0504. The monoisotopic (exact) mass is 355 g/mol. The fourth-order valence-electron chi connectivity index (χ4n) is 4.03. The molecule has 2 aliphatic heterocycles. The quantitative estimate of drug-likeness (QED) is 0.811. The molecule has 0 aromatic carbocycles. The van der Waals surface area contributed by atoms with Gasteiger partial charge < -0.3 is 9.80 Å². The van der Waals surface area contributed by atoms with Crippen molar-refractivity contribution in [2.45, 2.75) is 32.6 Å². The number of carbonyl (C=O) groups excluding carboxylic acids is 1. The van der Waals surface area contributed by atoms with Crippen LogP contribution in [0.3, 0.4) is 0 Å². The molecule has 2 aromatic heterocycles. The molecule has 4 rings (SSSR count). The summed E-state index contributed by atoms with van der Waals surface area (Å²) in [4.78, 5) is 20.8. The predicted molar refractivity (Wildman–Crippen MR) is 96.8 cm³/mol. The second-order valence-corrected chi connectivity index (χ2v) is 7.55. The number of hydrogen-bond donors (Lipinski definition) is 0. The van der Waals surface area contributed by atoms with Crippen LogP contribution in [-0.2, 0) is 7.05 Å². The van der Waals surface area contributed by atoms with Gasteiger partial charge in [-0.2, -0.15) is 5.10 Å². The van der Waals surface area contributed by atoms with Crippen LogP contribution >= 0.6 is 0 Å². The summed E-state index contributed by atoms with van der Waals surface area (Å²) in [7, 11) is 1.78. The van der Waals surface area contributed by atoms with Crippen molar-refractivity contribution in [3.63, 3.8) is 0 Å². The molecule has 0 unspecified atom stereocenters. The Morgan fingerprint density at radius 3 is 2.31 bits per heavy atom. The third-order valence-electron chi connectivity index (χ3n) is 5.83. The molecule has 4 heterocycles. The fraction of sp³-hybridized carbons (Fsp3) is 0.611. The molecule has 8 nitrogen and oxygen atoms in total. The van der Waals surface area contributed by atoms with Gasteiger partial charge in [-0.3, -0.25) is 9.48 Å². The first-order valence-corrected chi connectivity index (χ1v) is 9.25. The Balaban J connectivity index is 1.33. The van der Waals surface area contributed by atoms with E-state index in [-0.39, 0.29) is 5.91 Å². The summed E-state index contributed by atoms with van der Waals surface area (Å²) in [6.07, 6.45) is 5.97. The van der Waals surface area contributed by atoms with Gasteiger partial charge in [0.15, 0.2) is 5.82 Å². The van der Waals surface area contributed by atoms with E-state index in [2.05, 4.69) is 31.2 Å². The summed E-state index contributed by atoms with van der Waals surface area (Å²) < 4.78 is 1.57. The summed E-state index contributed by atoms with van der Waals surface area (Å²) in [5.41, 5.74) is 1.30. The molecule has 2 aliphatic rings.